The summed E-state index contributed by atoms with van der Waals surface area (Å²) in [5.74, 6) is 0.828. The first-order chi connectivity index (χ1) is 10.6. The Labute approximate surface area is 130 Å². The number of aryl methyl sites for hydroxylation is 1. The Morgan fingerprint density at radius 3 is 2.64 bits per heavy atom. The maximum absolute atomic E-state index is 12.5. The predicted octanol–water partition coefficient (Wildman–Crippen LogP) is 3.31. The molecule has 1 heterocycles. The maximum atomic E-state index is 12.5. The highest BCUT2D eigenvalue weighted by Crippen LogP contribution is 2.25. The molecule has 0 amide bonds. The van der Waals surface area contributed by atoms with E-state index in [2.05, 4.69) is 0 Å². The van der Waals surface area contributed by atoms with Crippen LogP contribution < -0.4 is 10.3 Å². The summed E-state index contributed by atoms with van der Waals surface area (Å²) in [5, 5.41) is 8.83. The van der Waals surface area contributed by atoms with E-state index in [1.165, 1.54) is 0 Å². The van der Waals surface area contributed by atoms with E-state index >= 15 is 0 Å². The minimum Gasteiger partial charge on any atom is -0.496 e. The summed E-state index contributed by atoms with van der Waals surface area (Å²) in [4.78, 5) is 12.5. The fourth-order valence-electron chi connectivity index (χ4n) is 2.58. The molecule has 0 unspecified atom stereocenters. The molecule has 4 nitrogen and oxygen atoms in total. The first kappa shape index (κ1) is 15.8. The van der Waals surface area contributed by atoms with Crippen molar-refractivity contribution < 1.29 is 4.74 Å². The van der Waals surface area contributed by atoms with Gasteiger partial charge in [0, 0.05) is 12.1 Å². The molecule has 0 aliphatic carbocycles. The molecule has 2 rings (SSSR count). The number of nitriles is 1. The summed E-state index contributed by atoms with van der Waals surface area (Å²) in [6, 6.07) is 11.6. The summed E-state index contributed by atoms with van der Waals surface area (Å²) in [7, 11) is 1.64. The molecule has 0 N–H and O–H groups in total. The minimum atomic E-state index is -0.0747. The van der Waals surface area contributed by atoms with Gasteiger partial charge in [0.25, 0.3) is 5.56 Å². The number of pyridine rings is 1. The number of aromatic nitrogens is 1. The van der Waals surface area contributed by atoms with Gasteiger partial charge in [0.2, 0.25) is 0 Å². The van der Waals surface area contributed by atoms with Crippen LogP contribution in [0.4, 0.5) is 0 Å². The van der Waals surface area contributed by atoms with Crippen molar-refractivity contribution in [3.05, 3.63) is 51.8 Å². The van der Waals surface area contributed by atoms with Gasteiger partial charge in [-0.3, -0.25) is 4.79 Å². The summed E-state index contributed by atoms with van der Waals surface area (Å²) >= 11 is 0. The molecular formula is C18H20N2O2. The van der Waals surface area contributed by atoms with Gasteiger partial charge >= 0.3 is 0 Å². The van der Waals surface area contributed by atoms with Crippen molar-refractivity contribution in [2.75, 3.05) is 7.11 Å². The Balaban J connectivity index is 2.60. The van der Waals surface area contributed by atoms with Crippen molar-refractivity contribution in [3.8, 4) is 23.1 Å². The van der Waals surface area contributed by atoms with Gasteiger partial charge in [0.1, 0.15) is 5.75 Å². The highest BCUT2D eigenvalue weighted by Gasteiger charge is 2.11. The molecule has 0 aliphatic rings. The lowest BCUT2D eigenvalue weighted by Gasteiger charge is -2.15. The molecule has 0 radical (unpaired) electrons. The second-order valence-electron chi connectivity index (χ2n) is 5.22. The number of methoxy groups -OCH3 is 1. The van der Waals surface area contributed by atoms with Gasteiger partial charge in [-0.25, -0.2) is 0 Å². The quantitative estimate of drug-likeness (QED) is 0.850. The van der Waals surface area contributed by atoms with Crippen molar-refractivity contribution in [2.24, 2.45) is 0 Å². The molecule has 0 saturated carbocycles. The van der Waals surface area contributed by atoms with Crippen LogP contribution >= 0.6 is 0 Å². The molecule has 0 bridgehead atoms. The van der Waals surface area contributed by atoms with Crippen LogP contribution in [-0.4, -0.2) is 11.7 Å². The number of hydrogen-bond acceptors (Lipinski definition) is 3. The van der Waals surface area contributed by atoms with Gasteiger partial charge in [0.05, 0.1) is 25.3 Å². The molecule has 114 valence electrons. The zero-order valence-electron chi connectivity index (χ0n) is 13.2. The van der Waals surface area contributed by atoms with Crippen LogP contribution in [0, 0.1) is 18.3 Å². The van der Waals surface area contributed by atoms with Crippen LogP contribution in [0.2, 0.25) is 0 Å². The van der Waals surface area contributed by atoms with Crippen LogP contribution in [0.3, 0.4) is 0 Å². The van der Waals surface area contributed by atoms with Crippen LogP contribution in [-0.2, 0) is 13.0 Å². The van der Waals surface area contributed by atoms with Crippen LogP contribution in [0.1, 0.15) is 24.5 Å². The van der Waals surface area contributed by atoms with Gasteiger partial charge in [-0.1, -0.05) is 13.0 Å². The number of ether oxygens (including phenoxy) is 1. The van der Waals surface area contributed by atoms with E-state index < -0.39 is 0 Å². The van der Waals surface area contributed by atoms with Crippen LogP contribution in [0.25, 0.3) is 11.3 Å². The Kier molecular flexibility index (Phi) is 5.00. The lowest BCUT2D eigenvalue weighted by Crippen LogP contribution is -2.25. The fraction of sp³-hybridized carbons (Fsp3) is 0.333. The summed E-state index contributed by atoms with van der Waals surface area (Å²) in [6.07, 6.45) is 1.00. The SMILES string of the molecule is CCCn1c(-c2ccc(OC)c(C)c2)ccc(CC#N)c1=O. The lowest BCUT2D eigenvalue weighted by atomic mass is 10.1. The van der Waals surface area contributed by atoms with E-state index in [9.17, 15) is 4.79 Å². The molecule has 22 heavy (non-hydrogen) atoms. The molecule has 2 aromatic rings. The standard InChI is InChI=1S/C18H20N2O2/c1-4-11-20-16(7-5-14(9-10-19)18(20)21)15-6-8-17(22-3)13(2)12-15/h5-8,12H,4,9,11H2,1-3H3. The number of benzene rings is 1. The smallest absolute Gasteiger partial charge is 0.255 e. The first-order valence-electron chi connectivity index (χ1n) is 7.37. The molecule has 0 fully saturated rings. The van der Waals surface area contributed by atoms with Gasteiger partial charge in [-0.15, -0.1) is 0 Å². The minimum absolute atomic E-state index is 0.0747. The van der Waals surface area contributed by atoms with E-state index in [1.807, 2.05) is 44.2 Å². The summed E-state index contributed by atoms with van der Waals surface area (Å²) in [5.41, 5.74) is 3.35. The zero-order valence-corrected chi connectivity index (χ0v) is 13.2. The first-order valence-corrected chi connectivity index (χ1v) is 7.37. The number of nitrogens with zero attached hydrogens (tertiary/aromatic N) is 2. The fourth-order valence-corrected chi connectivity index (χ4v) is 2.58. The molecule has 0 saturated heterocycles. The monoisotopic (exact) mass is 296 g/mol. The Hall–Kier alpha value is -2.54. The van der Waals surface area contributed by atoms with Crippen molar-refractivity contribution in [1.82, 2.24) is 4.57 Å². The normalized spacial score (nSPS) is 10.3. The van der Waals surface area contributed by atoms with Crippen molar-refractivity contribution in [1.29, 1.82) is 5.26 Å². The molecular weight excluding hydrogens is 276 g/mol. The largest absolute Gasteiger partial charge is 0.496 e. The molecule has 0 spiro atoms. The second kappa shape index (κ2) is 6.95. The van der Waals surface area contributed by atoms with Crippen molar-refractivity contribution in [2.45, 2.75) is 33.2 Å². The number of hydrogen-bond donors (Lipinski definition) is 0. The van der Waals surface area contributed by atoms with Gasteiger partial charge in [-0.2, -0.15) is 5.26 Å². The third-order valence-electron chi connectivity index (χ3n) is 3.66. The van der Waals surface area contributed by atoms with Crippen molar-refractivity contribution in [3.63, 3.8) is 0 Å². The Morgan fingerprint density at radius 2 is 2.05 bits per heavy atom. The Bertz CT molecular complexity index is 770. The molecule has 1 aromatic carbocycles. The highest BCUT2D eigenvalue weighted by molar-refractivity contribution is 5.62. The van der Waals surface area contributed by atoms with E-state index in [4.69, 9.17) is 10.00 Å². The lowest BCUT2D eigenvalue weighted by molar-refractivity contribution is 0.412. The zero-order chi connectivity index (χ0) is 16.1. The Morgan fingerprint density at radius 1 is 1.27 bits per heavy atom. The average molecular weight is 296 g/mol. The summed E-state index contributed by atoms with van der Waals surface area (Å²) < 4.78 is 7.04. The topological polar surface area (TPSA) is 55.0 Å². The van der Waals surface area contributed by atoms with Gasteiger partial charge < -0.3 is 9.30 Å². The van der Waals surface area contributed by atoms with E-state index in [-0.39, 0.29) is 12.0 Å². The molecule has 0 aliphatic heterocycles. The molecule has 4 heteroatoms. The third kappa shape index (κ3) is 3.04. The summed E-state index contributed by atoms with van der Waals surface area (Å²) in [6.45, 7) is 4.65. The molecule has 1 aromatic heterocycles. The van der Waals surface area contributed by atoms with Gasteiger partial charge in [-0.05, 0) is 48.7 Å². The maximum Gasteiger partial charge on any atom is 0.255 e. The van der Waals surface area contributed by atoms with Crippen LogP contribution in [0.15, 0.2) is 35.1 Å². The highest BCUT2D eigenvalue weighted by atomic mass is 16.5. The molecule has 0 atom stereocenters. The van der Waals surface area contributed by atoms with E-state index in [0.717, 1.165) is 29.0 Å². The van der Waals surface area contributed by atoms with Gasteiger partial charge in [0.15, 0.2) is 0 Å². The second-order valence-corrected chi connectivity index (χ2v) is 5.22. The third-order valence-corrected chi connectivity index (χ3v) is 3.66. The van der Waals surface area contributed by atoms with Crippen molar-refractivity contribution >= 4 is 0 Å². The predicted molar refractivity (Wildman–Crippen MR) is 87.0 cm³/mol. The van der Waals surface area contributed by atoms with E-state index in [0.29, 0.717) is 12.1 Å². The van der Waals surface area contributed by atoms with Crippen LogP contribution in [0.5, 0.6) is 5.75 Å². The average Bonchev–Trinajstić information content (AvgIpc) is 2.51. The number of rotatable bonds is 5. The van der Waals surface area contributed by atoms with E-state index in [1.54, 1.807) is 17.7 Å².